The summed E-state index contributed by atoms with van der Waals surface area (Å²) < 4.78 is 0. The van der Waals surface area contributed by atoms with Gasteiger partial charge in [-0.05, 0) is 61.4 Å². The van der Waals surface area contributed by atoms with Gasteiger partial charge in [0.1, 0.15) is 5.00 Å². The molecular formula is C20H20ClN2O4S-. The van der Waals surface area contributed by atoms with Crippen LogP contribution in [0.2, 0.25) is 5.02 Å². The zero-order chi connectivity index (χ0) is 20.3. The molecule has 148 valence electrons. The lowest BCUT2D eigenvalue weighted by molar-refractivity contribution is -0.305. The minimum absolute atomic E-state index is 0.195. The van der Waals surface area contributed by atoms with Gasteiger partial charge in [-0.2, -0.15) is 0 Å². The van der Waals surface area contributed by atoms with E-state index in [0.717, 1.165) is 29.7 Å². The lowest BCUT2D eigenvalue weighted by Gasteiger charge is -2.18. The van der Waals surface area contributed by atoms with Crippen LogP contribution in [-0.4, -0.2) is 17.8 Å². The largest absolute Gasteiger partial charge is 0.550 e. The number of nitrogens with one attached hydrogen (secondary N) is 2. The predicted octanol–water partition coefficient (Wildman–Crippen LogP) is 3.25. The smallest absolute Gasteiger partial charge is 0.258 e. The van der Waals surface area contributed by atoms with Gasteiger partial charge in [0.05, 0.1) is 5.56 Å². The Morgan fingerprint density at radius 2 is 1.89 bits per heavy atom. The van der Waals surface area contributed by atoms with Crippen molar-refractivity contribution in [2.24, 2.45) is 5.92 Å². The molecule has 1 atom stereocenters. The molecule has 0 saturated heterocycles. The van der Waals surface area contributed by atoms with Crippen molar-refractivity contribution in [3.8, 4) is 0 Å². The quantitative estimate of drug-likeness (QED) is 0.750. The van der Waals surface area contributed by atoms with Gasteiger partial charge in [0.25, 0.3) is 5.91 Å². The highest BCUT2D eigenvalue weighted by Gasteiger charge is 2.28. The molecule has 1 aromatic carbocycles. The van der Waals surface area contributed by atoms with Crippen molar-refractivity contribution in [2.75, 3.05) is 10.6 Å². The van der Waals surface area contributed by atoms with Crippen molar-refractivity contribution < 1.29 is 19.5 Å². The number of anilines is 2. The summed E-state index contributed by atoms with van der Waals surface area (Å²) in [4.78, 5) is 36.8. The second-order valence-electron chi connectivity index (χ2n) is 6.94. The third-order valence-electron chi connectivity index (χ3n) is 4.65. The molecule has 0 saturated carbocycles. The van der Waals surface area contributed by atoms with Crippen molar-refractivity contribution >= 4 is 51.4 Å². The van der Waals surface area contributed by atoms with Gasteiger partial charge in [-0.3, -0.25) is 9.59 Å². The average Bonchev–Trinajstić information content (AvgIpc) is 2.98. The molecule has 1 aliphatic rings. The van der Waals surface area contributed by atoms with E-state index in [2.05, 4.69) is 17.6 Å². The van der Waals surface area contributed by atoms with Gasteiger partial charge in [-0.15, -0.1) is 11.3 Å². The van der Waals surface area contributed by atoms with Crippen molar-refractivity contribution in [1.29, 1.82) is 0 Å². The molecule has 0 spiro atoms. The summed E-state index contributed by atoms with van der Waals surface area (Å²) in [6, 6.07) is 6.79. The van der Waals surface area contributed by atoms with Crippen LogP contribution in [0.15, 0.2) is 24.3 Å². The van der Waals surface area contributed by atoms with Gasteiger partial charge < -0.3 is 20.5 Å². The number of hydrogen-bond acceptors (Lipinski definition) is 5. The number of carbonyl (C=O) groups is 3. The summed E-state index contributed by atoms with van der Waals surface area (Å²) >= 11 is 7.28. The Morgan fingerprint density at radius 3 is 2.57 bits per heavy atom. The van der Waals surface area contributed by atoms with Gasteiger partial charge in [-0.1, -0.05) is 18.5 Å². The van der Waals surface area contributed by atoms with E-state index < -0.39 is 11.9 Å². The first-order valence-electron chi connectivity index (χ1n) is 9.04. The number of benzene rings is 1. The molecule has 0 unspecified atom stereocenters. The average molecular weight is 420 g/mol. The number of carbonyl (C=O) groups excluding carboxylic acids is 3. The monoisotopic (exact) mass is 419 g/mol. The molecule has 2 amide bonds. The lowest BCUT2D eigenvalue weighted by atomic mass is 9.88. The second kappa shape index (κ2) is 8.75. The number of rotatable bonds is 6. The van der Waals surface area contributed by atoms with E-state index in [1.165, 1.54) is 11.3 Å². The number of fused-ring (bicyclic) bond motifs is 1. The Hall–Kier alpha value is -2.38. The fourth-order valence-electron chi connectivity index (χ4n) is 3.21. The number of carboxylic acids is 1. The summed E-state index contributed by atoms with van der Waals surface area (Å²) in [5.41, 5.74) is 2.03. The Kier molecular flexibility index (Phi) is 6.36. The zero-order valence-corrected chi connectivity index (χ0v) is 16.9. The number of thiophene rings is 1. The van der Waals surface area contributed by atoms with Crippen LogP contribution in [0.5, 0.6) is 0 Å². The molecule has 2 aromatic rings. The molecule has 1 aliphatic carbocycles. The molecule has 1 aromatic heterocycles. The highest BCUT2D eigenvalue weighted by atomic mass is 35.5. The molecule has 0 radical (unpaired) electrons. The molecule has 6 nitrogen and oxygen atoms in total. The number of halogens is 1. The summed E-state index contributed by atoms with van der Waals surface area (Å²) in [5, 5.41) is 17.2. The van der Waals surface area contributed by atoms with E-state index in [1.54, 1.807) is 24.3 Å². The molecule has 0 aliphatic heterocycles. The summed E-state index contributed by atoms with van der Waals surface area (Å²) in [6.07, 6.45) is 2.05. The van der Waals surface area contributed by atoms with E-state index in [4.69, 9.17) is 11.6 Å². The highest BCUT2D eigenvalue weighted by molar-refractivity contribution is 7.17. The molecule has 28 heavy (non-hydrogen) atoms. The standard InChI is InChI=1S/C20H21ClN2O4S/c1-11-2-7-14-15(10-11)28-20(23-16(24)8-9-17(25)26)18(14)19(27)22-13-5-3-12(21)4-6-13/h3-6,11H,2,7-10H2,1H3,(H,22,27)(H,23,24)(H,25,26)/p-1/t11-/m0/s1. The minimum Gasteiger partial charge on any atom is -0.550 e. The number of aliphatic carboxylic acids is 1. The van der Waals surface area contributed by atoms with Gasteiger partial charge in [0.15, 0.2) is 0 Å². The maximum absolute atomic E-state index is 13.0. The fourth-order valence-corrected chi connectivity index (χ4v) is 4.76. The Balaban J connectivity index is 1.86. The van der Waals surface area contributed by atoms with E-state index >= 15 is 0 Å². The normalized spacial score (nSPS) is 15.6. The Labute approximate surface area is 171 Å². The topological polar surface area (TPSA) is 98.3 Å². The molecule has 8 heteroatoms. The van der Waals surface area contributed by atoms with Gasteiger partial charge in [-0.25, -0.2) is 0 Å². The van der Waals surface area contributed by atoms with E-state index in [-0.39, 0.29) is 18.7 Å². The first-order valence-corrected chi connectivity index (χ1v) is 10.2. The first kappa shape index (κ1) is 20.4. The van der Waals surface area contributed by atoms with Crippen LogP contribution in [0.3, 0.4) is 0 Å². The first-order chi connectivity index (χ1) is 13.3. The molecule has 1 heterocycles. The number of amides is 2. The van der Waals surface area contributed by atoms with Crippen molar-refractivity contribution in [2.45, 2.75) is 39.0 Å². The highest BCUT2D eigenvalue weighted by Crippen LogP contribution is 2.40. The van der Waals surface area contributed by atoms with Gasteiger partial charge in [0, 0.05) is 28.0 Å². The molecule has 3 rings (SSSR count). The maximum atomic E-state index is 13.0. The molecule has 0 bridgehead atoms. The van der Waals surface area contributed by atoms with Gasteiger partial charge >= 0.3 is 0 Å². The minimum atomic E-state index is -1.28. The van der Waals surface area contributed by atoms with Gasteiger partial charge in [0.2, 0.25) is 5.91 Å². The second-order valence-corrected chi connectivity index (χ2v) is 8.48. The van der Waals surface area contributed by atoms with Crippen molar-refractivity contribution in [1.82, 2.24) is 0 Å². The molecule has 0 fully saturated rings. The maximum Gasteiger partial charge on any atom is 0.258 e. The molecule has 2 N–H and O–H groups in total. The third kappa shape index (κ3) is 4.91. The van der Waals surface area contributed by atoms with Crippen LogP contribution < -0.4 is 15.7 Å². The molecular weight excluding hydrogens is 400 g/mol. The number of carboxylic acid groups (broad SMARTS) is 1. The Morgan fingerprint density at radius 1 is 1.18 bits per heavy atom. The number of hydrogen-bond donors (Lipinski definition) is 2. The van der Waals surface area contributed by atoms with E-state index in [1.807, 2.05) is 0 Å². The lowest BCUT2D eigenvalue weighted by Crippen LogP contribution is -2.24. The summed E-state index contributed by atoms with van der Waals surface area (Å²) in [7, 11) is 0. The summed E-state index contributed by atoms with van der Waals surface area (Å²) in [6.45, 7) is 2.16. The van der Waals surface area contributed by atoms with Crippen LogP contribution in [0.1, 0.15) is 47.0 Å². The van der Waals surface area contributed by atoms with Crippen molar-refractivity contribution in [3.05, 3.63) is 45.3 Å². The third-order valence-corrected chi connectivity index (χ3v) is 6.07. The van der Waals surface area contributed by atoms with Crippen molar-refractivity contribution in [3.63, 3.8) is 0 Å². The van der Waals surface area contributed by atoms with E-state index in [0.29, 0.717) is 27.2 Å². The van der Waals surface area contributed by atoms with E-state index in [9.17, 15) is 19.5 Å². The zero-order valence-electron chi connectivity index (χ0n) is 15.3. The fraction of sp³-hybridized carbons (Fsp3) is 0.350. The van der Waals surface area contributed by atoms with Crippen LogP contribution in [0.4, 0.5) is 10.7 Å². The van der Waals surface area contributed by atoms with Crippen LogP contribution in [0.25, 0.3) is 0 Å². The van der Waals surface area contributed by atoms with Crippen LogP contribution >= 0.6 is 22.9 Å². The SMILES string of the molecule is C[C@H]1CCc2c(sc(NC(=O)CCC(=O)[O-])c2C(=O)Nc2ccc(Cl)cc2)C1. The predicted molar refractivity (Wildman–Crippen MR) is 108 cm³/mol. The summed E-state index contributed by atoms with van der Waals surface area (Å²) in [5.74, 6) is -1.52. The Bertz CT molecular complexity index is 908. The van der Waals surface area contributed by atoms with Crippen LogP contribution in [0, 0.1) is 5.92 Å². The van der Waals surface area contributed by atoms with Crippen LogP contribution in [-0.2, 0) is 22.4 Å².